The number of carbonyl (C=O) groups is 1. The van der Waals surface area contributed by atoms with Crippen molar-refractivity contribution in [2.24, 2.45) is 5.92 Å². The predicted octanol–water partition coefficient (Wildman–Crippen LogP) is 2.22. The number of rotatable bonds is 4. The van der Waals surface area contributed by atoms with E-state index in [1.165, 1.54) is 0 Å². The Balaban J connectivity index is 1.58. The molecule has 0 radical (unpaired) electrons. The summed E-state index contributed by atoms with van der Waals surface area (Å²) in [6, 6.07) is 5.26. The van der Waals surface area contributed by atoms with E-state index in [0.717, 1.165) is 17.7 Å². The van der Waals surface area contributed by atoms with E-state index in [4.69, 9.17) is 4.52 Å². The summed E-state index contributed by atoms with van der Waals surface area (Å²) in [5.74, 6) is 0.885. The number of aromatic nitrogens is 4. The van der Waals surface area contributed by atoms with Gasteiger partial charge >= 0.3 is 0 Å². The normalized spacial score (nSPS) is 13.6. The molecule has 4 rings (SSSR count). The van der Waals surface area contributed by atoms with Crippen molar-refractivity contribution in [3.05, 3.63) is 63.7 Å². The summed E-state index contributed by atoms with van der Waals surface area (Å²) >= 11 is 0. The molecule has 144 valence electrons. The number of aromatic amines is 1. The van der Waals surface area contributed by atoms with Crippen LogP contribution in [0, 0.1) is 5.92 Å². The van der Waals surface area contributed by atoms with Crippen LogP contribution in [0.25, 0.3) is 11.4 Å². The van der Waals surface area contributed by atoms with Crippen molar-refractivity contribution in [2.45, 2.75) is 33.2 Å². The Kier molecular flexibility index (Phi) is 4.77. The quantitative estimate of drug-likeness (QED) is 0.745. The number of pyridine rings is 1. The van der Waals surface area contributed by atoms with Gasteiger partial charge in [-0.25, -0.2) is 4.98 Å². The van der Waals surface area contributed by atoms with Gasteiger partial charge in [0.15, 0.2) is 0 Å². The zero-order chi connectivity index (χ0) is 19.7. The summed E-state index contributed by atoms with van der Waals surface area (Å²) in [6.45, 7) is 4.87. The van der Waals surface area contributed by atoms with Gasteiger partial charge in [0.1, 0.15) is 5.82 Å². The van der Waals surface area contributed by atoms with Crippen molar-refractivity contribution in [2.75, 3.05) is 6.54 Å². The lowest BCUT2D eigenvalue weighted by Crippen LogP contribution is -2.39. The molecule has 0 bridgehead atoms. The highest BCUT2D eigenvalue weighted by Crippen LogP contribution is 2.20. The maximum absolute atomic E-state index is 12.8. The van der Waals surface area contributed by atoms with E-state index in [-0.39, 0.29) is 23.8 Å². The fraction of sp³-hybridized carbons (Fsp3) is 0.350. The number of hydrogen-bond acceptors (Lipinski definition) is 6. The van der Waals surface area contributed by atoms with Gasteiger partial charge < -0.3 is 14.4 Å². The number of hydrogen-bond donors (Lipinski definition) is 1. The van der Waals surface area contributed by atoms with E-state index in [9.17, 15) is 9.59 Å². The van der Waals surface area contributed by atoms with Gasteiger partial charge in [-0.15, -0.1) is 0 Å². The van der Waals surface area contributed by atoms with Gasteiger partial charge in [0.05, 0.1) is 17.9 Å². The van der Waals surface area contributed by atoms with Crippen molar-refractivity contribution in [1.82, 2.24) is 25.0 Å². The monoisotopic (exact) mass is 379 g/mol. The van der Waals surface area contributed by atoms with Gasteiger partial charge in [-0.05, 0) is 30.9 Å². The van der Waals surface area contributed by atoms with Gasteiger partial charge in [-0.2, -0.15) is 0 Å². The molecular formula is C20H21N5O3. The Morgan fingerprint density at radius 2 is 2.11 bits per heavy atom. The molecule has 8 nitrogen and oxygen atoms in total. The van der Waals surface area contributed by atoms with E-state index in [1.54, 1.807) is 35.5 Å². The second-order valence-electron chi connectivity index (χ2n) is 7.33. The molecule has 4 heterocycles. The Bertz CT molecular complexity index is 1060. The minimum absolute atomic E-state index is 0.164. The predicted molar refractivity (Wildman–Crippen MR) is 102 cm³/mol. The fourth-order valence-electron chi connectivity index (χ4n) is 3.34. The Labute approximate surface area is 161 Å². The van der Waals surface area contributed by atoms with Crippen molar-refractivity contribution < 1.29 is 9.32 Å². The third kappa shape index (κ3) is 3.58. The molecule has 0 atom stereocenters. The summed E-state index contributed by atoms with van der Waals surface area (Å²) in [7, 11) is 0. The van der Waals surface area contributed by atoms with Gasteiger partial charge in [0.2, 0.25) is 5.76 Å². The Hall–Kier alpha value is -3.29. The number of nitrogens with zero attached hydrogens (tertiary/aromatic N) is 4. The highest BCUT2D eigenvalue weighted by Gasteiger charge is 2.27. The van der Waals surface area contributed by atoms with Gasteiger partial charge in [0, 0.05) is 36.1 Å². The third-order valence-corrected chi connectivity index (χ3v) is 4.70. The fourth-order valence-corrected chi connectivity index (χ4v) is 3.34. The summed E-state index contributed by atoms with van der Waals surface area (Å²) in [5.41, 5.74) is 2.61. The van der Waals surface area contributed by atoms with E-state index in [0.29, 0.717) is 36.0 Å². The molecular weight excluding hydrogens is 358 g/mol. The smallest absolute Gasteiger partial charge is 0.292 e. The topological polar surface area (TPSA) is 105 Å². The first-order valence-corrected chi connectivity index (χ1v) is 9.28. The summed E-state index contributed by atoms with van der Waals surface area (Å²) in [4.78, 5) is 38.3. The maximum Gasteiger partial charge on any atom is 0.292 e. The largest absolute Gasteiger partial charge is 0.351 e. The highest BCUT2D eigenvalue weighted by atomic mass is 16.5. The van der Waals surface area contributed by atoms with Crippen LogP contribution in [-0.2, 0) is 19.4 Å². The molecule has 0 spiro atoms. The lowest BCUT2D eigenvalue weighted by molar-refractivity contribution is 0.0689. The van der Waals surface area contributed by atoms with E-state index < -0.39 is 0 Å². The number of fused-ring (bicyclic) bond motifs is 1. The van der Waals surface area contributed by atoms with Crippen LogP contribution in [-0.4, -0.2) is 37.5 Å². The Morgan fingerprint density at radius 1 is 1.32 bits per heavy atom. The summed E-state index contributed by atoms with van der Waals surface area (Å²) in [5, 5.41) is 3.99. The summed E-state index contributed by atoms with van der Waals surface area (Å²) in [6.07, 6.45) is 4.49. The molecule has 1 aliphatic rings. The van der Waals surface area contributed by atoms with Crippen LogP contribution in [0.4, 0.5) is 0 Å². The average molecular weight is 379 g/mol. The Morgan fingerprint density at radius 3 is 2.86 bits per heavy atom. The minimum atomic E-state index is -0.235. The second kappa shape index (κ2) is 7.38. The first kappa shape index (κ1) is 18.1. The molecule has 28 heavy (non-hydrogen) atoms. The zero-order valence-corrected chi connectivity index (χ0v) is 15.8. The maximum atomic E-state index is 12.8. The molecule has 0 fully saturated rings. The van der Waals surface area contributed by atoms with Crippen LogP contribution in [0.2, 0.25) is 0 Å². The lowest BCUT2D eigenvalue weighted by Gasteiger charge is -2.26. The van der Waals surface area contributed by atoms with Crippen molar-refractivity contribution in [3.8, 4) is 11.4 Å². The van der Waals surface area contributed by atoms with Crippen LogP contribution in [0.3, 0.4) is 0 Å². The number of amides is 1. The third-order valence-electron chi connectivity index (χ3n) is 4.70. The van der Waals surface area contributed by atoms with Crippen molar-refractivity contribution >= 4 is 5.91 Å². The van der Waals surface area contributed by atoms with Gasteiger partial charge in [-0.3, -0.25) is 14.6 Å². The van der Waals surface area contributed by atoms with Crippen LogP contribution in [0.15, 0.2) is 39.9 Å². The van der Waals surface area contributed by atoms with Crippen molar-refractivity contribution in [1.29, 1.82) is 0 Å². The number of carbonyl (C=O) groups excluding carboxylic acids is 1. The van der Waals surface area contributed by atoms with Crippen LogP contribution >= 0.6 is 0 Å². The molecule has 8 heteroatoms. The highest BCUT2D eigenvalue weighted by molar-refractivity contribution is 5.91. The zero-order valence-electron chi connectivity index (χ0n) is 15.8. The van der Waals surface area contributed by atoms with Crippen molar-refractivity contribution in [3.63, 3.8) is 0 Å². The molecule has 0 saturated carbocycles. The molecule has 1 aliphatic heterocycles. The molecule has 0 saturated heterocycles. The first-order chi connectivity index (χ1) is 13.5. The standard InChI is InChI=1S/C20H21N5O3/c1-12(2)9-14-10-17(28-24-14)20(27)25-8-5-15-16(11-25)22-18(23-19(15)26)13-3-6-21-7-4-13/h3-4,6-7,10,12H,5,8-9,11H2,1-2H3,(H,22,23,26). The minimum Gasteiger partial charge on any atom is -0.351 e. The average Bonchev–Trinajstić information content (AvgIpc) is 3.15. The molecule has 3 aromatic rings. The van der Waals surface area contributed by atoms with E-state index in [2.05, 4.69) is 34.0 Å². The van der Waals surface area contributed by atoms with E-state index >= 15 is 0 Å². The summed E-state index contributed by atoms with van der Waals surface area (Å²) < 4.78 is 5.25. The molecule has 0 unspecified atom stereocenters. The van der Waals surface area contributed by atoms with Crippen LogP contribution in [0.5, 0.6) is 0 Å². The lowest BCUT2D eigenvalue weighted by atomic mass is 10.1. The number of nitrogens with one attached hydrogen (secondary N) is 1. The molecule has 1 N–H and O–H groups in total. The van der Waals surface area contributed by atoms with Gasteiger partial charge in [0.25, 0.3) is 11.5 Å². The first-order valence-electron chi connectivity index (χ1n) is 9.28. The molecule has 3 aromatic heterocycles. The molecule has 1 amide bonds. The SMILES string of the molecule is CC(C)Cc1cc(C(=O)N2CCc3c(nc(-c4ccncc4)[nH]c3=O)C2)on1. The van der Waals surface area contributed by atoms with Gasteiger partial charge in [-0.1, -0.05) is 19.0 Å². The molecule has 0 aromatic carbocycles. The second-order valence-corrected chi connectivity index (χ2v) is 7.33. The molecule has 0 aliphatic carbocycles. The van der Waals surface area contributed by atoms with Crippen LogP contribution < -0.4 is 5.56 Å². The van der Waals surface area contributed by atoms with Crippen LogP contribution in [0.1, 0.15) is 41.4 Å². The van der Waals surface area contributed by atoms with E-state index in [1.807, 2.05) is 0 Å². The number of H-pyrrole nitrogens is 1.